The first-order valence-electron chi connectivity index (χ1n) is 9.36. The molecule has 0 radical (unpaired) electrons. The minimum atomic E-state index is -0.223. The van der Waals surface area contributed by atoms with Gasteiger partial charge in [0.1, 0.15) is 12.7 Å². The predicted octanol–water partition coefficient (Wildman–Crippen LogP) is 3.12. The lowest BCUT2D eigenvalue weighted by Gasteiger charge is -2.26. The van der Waals surface area contributed by atoms with Crippen LogP contribution in [0.5, 0.6) is 11.5 Å². The third-order valence-electron chi connectivity index (χ3n) is 4.84. The third kappa shape index (κ3) is 3.71. The molecule has 6 heteroatoms. The van der Waals surface area contributed by atoms with Crippen LogP contribution in [-0.4, -0.2) is 34.9 Å². The third-order valence-corrected chi connectivity index (χ3v) is 4.84. The van der Waals surface area contributed by atoms with E-state index in [2.05, 4.69) is 22.5 Å². The van der Waals surface area contributed by atoms with Crippen molar-refractivity contribution < 1.29 is 14.3 Å². The van der Waals surface area contributed by atoms with Crippen molar-refractivity contribution in [2.75, 3.05) is 13.2 Å². The van der Waals surface area contributed by atoms with E-state index in [0.29, 0.717) is 31.0 Å². The molecule has 0 bridgehead atoms. The van der Waals surface area contributed by atoms with Crippen molar-refractivity contribution in [3.05, 3.63) is 77.1 Å². The zero-order valence-electron chi connectivity index (χ0n) is 16.0. The van der Waals surface area contributed by atoms with Crippen LogP contribution in [0.2, 0.25) is 0 Å². The summed E-state index contributed by atoms with van der Waals surface area (Å²) in [6, 6.07) is 17.6. The molecule has 1 aliphatic rings. The van der Waals surface area contributed by atoms with Crippen molar-refractivity contribution in [1.29, 1.82) is 0 Å². The fourth-order valence-corrected chi connectivity index (χ4v) is 3.39. The molecule has 0 spiro atoms. The van der Waals surface area contributed by atoms with Gasteiger partial charge in [-0.3, -0.25) is 9.48 Å². The van der Waals surface area contributed by atoms with Crippen LogP contribution in [0, 0.1) is 13.8 Å². The molecule has 1 atom stereocenters. The highest BCUT2D eigenvalue weighted by atomic mass is 16.6. The van der Waals surface area contributed by atoms with Gasteiger partial charge in [-0.2, -0.15) is 5.10 Å². The molecule has 0 aliphatic carbocycles. The standard InChI is InChI=1S/C22H23N3O3/c1-15-21(16(2)25(24-15)13-17-8-4-3-5-9-17)22(26)23-12-18-14-27-19-10-6-7-11-20(19)28-18/h3-11,18H,12-14H2,1-2H3,(H,23,26). The maximum absolute atomic E-state index is 12.8. The Hall–Kier alpha value is -3.28. The molecule has 4 rings (SSSR count). The fourth-order valence-electron chi connectivity index (χ4n) is 3.39. The summed E-state index contributed by atoms with van der Waals surface area (Å²) >= 11 is 0. The second kappa shape index (κ2) is 7.76. The average Bonchev–Trinajstić information content (AvgIpc) is 3.00. The molecule has 28 heavy (non-hydrogen) atoms. The molecule has 1 aliphatic heterocycles. The molecule has 3 aromatic rings. The summed E-state index contributed by atoms with van der Waals surface area (Å²) in [5.41, 5.74) is 3.33. The second-order valence-electron chi connectivity index (χ2n) is 6.90. The minimum Gasteiger partial charge on any atom is -0.486 e. The fraction of sp³-hybridized carbons (Fsp3) is 0.273. The summed E-state index contributed by atoms with van der Waals surface area (Å²) in [7, 11) is 0. The Morgan fingerprint density at radius 2 is 1.82 bits per heavy atom. The minimum absolute atomic E-state index is 0.142. The van der Waals surface area contributed by atoms with Gasteiger partial charge in [0, 0.05) is 5.69 Å². The van der Waals surface area contributed by atoms with Gasteiger partial charge in [-0.05, 0) is 31.5 Å². The zero-order valence-corrected chi connectivity index (χ0v) is 16.0. The van der Waals surface area contributed by atoms with Gasteiger partial charge in [0.25, 0.3) is 5.91 Å². The van der Waals surface area contributed by atoms with Crippen molar-refractivity contribution >= 4 is 5.91 Å². The molecule has 1 unspecified atom stereocenters. The van der Waals surface area contributed by atoms with Crippen LogP contribution in [0.25, 0.3) is 0 Å². The van der Waals surface area contributed by atoms with Crippen molar-refractivity contribution in [2.45, 2.75) is 26.5 Å². The van der Waals surface area contributed by atoms with Crippen molar-refractivity contribution in [3.8, 4) is 11.5 Å². The summed E-state index contributed by atoms with van der Waals surface area (Å²) in [5.74, 6) is 1.30. The van der Waals surface area contributed by atoms with Crippen LogP contribution >= 0.6 is 0 Å². The molecule has 1 amide bonds. The van der Waals surface area contributed by atoms with Gasteiger partial charge in [0.2, 0.25) is 0 Å². The molecule has 2 heterocycles. The molecule has 0 saturated heterocycles. The number of benzene rings is 2. The molecular weight excluding hydrogens is 354 g/mol. The maximum Gasteiger partial charge on any atom is 0.255 e. The number of nitrogens with zero attached hydrogens (tertiary/aromatic N) is 2. The van der Waals surface area contributed by atoms with E-state index in [1.54, 1.807) is 0 Å². The number of carbonyl (C=O) groups excluding carboxylic acids is 1. The summed E-state index contributed by atoms with van der Waals surface area (Å²) < 4.78 is 13.5. The van der Waals surface area contributed by atoms with E-state index in [1.165, 1.54) is 0 Å². The largest absolute Gasteiger partial charge is 0.486 e. The number of para-hydroxylation sites is 2. The lowest BCUT2D eigenvalue weighted by atomic mass is 10.1. The maximum atomic E-state index is 12.8. The van der Waals surface area contributed by atoms with Crippen LogP contribution in [0.1, 0.15) is 27.3 Å². The number of carbonyl (C=O) groups is 1. The van der Waals surface area contributed by atoms with E-state index in [9.17, 15) is 4.79 Å². The highest BCUT2D eigenvalue weighted by Gasteiger charge is 2.23. The first-order valence-corrected chi connectivity index (χ1v) is 9.36. The number of amides is 1. The number of ether oxygens (including phenoxy) is 2. The van der Waals surface area contributed by atoms with Gasteiger partial charge in [0.15, 0.2) is 11.5 Å². The Bertz CT molecular complexity index is 982. The van der Waals surface area contributed by atoms with Crippen molar-refractivity contribution in [3.63, 3.8) is 0 Å². The Morgan fingerprint density at radius 1 is 1.11 bits per heavy atom. The number of aromatic nitrogens is 2. The van der Waals surface area contributed by atoms with Crippen LogP contribution in [0.3, 0.4) is 0 Å². The normalized spacial score (nSPS) is 15.3. The molecule has 144 valence electrons. The van der Waals surface area contributed by atoms with Gasteiger partial charge in [-0.15, -0.1) is 0 Å². The number of hydrogen-bond acceptors (Lipinski definition) is 4. The number of hydrogen-bond donors (Lipinski definition) is 1. The highest BCUT2D eigenvalue weighted by molar-refractivity contribution is 5.96. The van der Waals surface area contributed by atoms with Gasteiger partial charge >= 0.3 is 0 Å². The molecule has 2 aromatic carbocycles. The smallest absolute Gasteiger partial charge is 0.255 e. The monoisotopic (exact) mass is 377 g/mol. The van der Waals surface area contributed by atoms with E-state index in [1.807, 2.05) is 61.0 Å². The molecular formula is C22H23N3O3. The van der Waals surface area contributed by atoms with E-state index < -0.39 is 0 Å². The highest BCUT2D eigenvalue weighted by Crippen LogP contribution is 2.30. The lowest BCUT2D eigenvalue weighted by molar-refractivity contribution is 0.0788. The zero-order chi connectivity index (χ0) is 19.5. The topological polar surface area (TPSA) is 65.4 Å². The first kappa shape index (κ1) is 18.1. The Labute approximate surface area is 164 Å². The van der Waals surface area contributed by atoms with Crippen LogP contribution in [0.4, 0.5) is 0 Å². The van der Waals surface area contributed by atoms with Crippen molar-refractivity contribution in [2.24, 2.45) is 0 Å². The molecule has 0 fully saturated rings. The molecule has 6 nitrogen and oxygen atoms in total. The second-order valence-corrected chi connectivity index (χ2v) is 6.90. The number of aryl methyl sites for hydroxylation is 1. The Morgan fingerprint density at radius 3 is 2.61 bits per heavy atom. The summed E-state index contributed by atoms with van der Waals surface area (Å²) in [4.78, 5) is 12.8. The van der Waals surface area contributed by atoms with Crippen LogP contribution in [-0.2, 0) is 6.54 Å². The quantitative estimate of drug-likeness (QED) is 0.742. The van der Waals surface area contributed by atoms with Crippen LogP contribution < -0.4 is 14.8 Å². The Balaban J connectivity index is 1.41. The first-order chi connectivity index (χ1) is 13.6. The average molecular weight is 377 g/mol. The Kier molecular flexibility index (Phi) is 5.02. The van der Waals surface area contributed by atoms with E-state index in [4.69, 9.17) is 9.47 Å². The van der Waals surface area contributed by atoms with E-state index >= 15 is 0 Å². The van der Waals surface area contributed by atoms with E-state index in [-0.39, 0.29) is 12.0 Å². The summed E-state index contributed by atoms with van der Waals surface area (Å²) in [6.07, 6.45) is -0.223. The van der Waals surface area contributed by atoms with Gasteiger partial charge < -0.3 is 14.8 Å². The molecule has 1 N–H and O–H groups in total. The number of rotatable bonds is 5. The van der Waals surface area contributed by atoms with E-state index in [0.717, 1.165) is 22.7 Å². The SMILES string of the molecule is Cc1nn(Cc2ccccc2)c(C)c1C(=O)NCC1COc2ccccc2O1. The lowest BCUT2D eigenvalue weighted by Crippen LogP contribution is -2.41. The summed E-state index contributed by atoms with van der Waals surface area (Å²) in [5, 5.41) is 7.51. The number of fused-ring (bicyclic) bond motifs is 1. The van der Waals surface area contributed by atoms with Crippen molar-refractivity contribution in [1.82, 2.24) is 15.1 Å². The van der Waals surface area contributed by atoms with Gasteiger partial charge in [-0.1, -0.05) is 42.5 Å². The van der Waals surface area contributed by atoms with Gasteiger partial charge in [-0.25, -0.2) is 0 Å². The number of nitrogens with one attached hydrogen (secondary N) is 1. The summed E-state index contributed by atoms with van der Waals surface area (Å²) in [6.45, 7) is 5.20. The molecule has 1 aromatic heterocycles. The van der Waals surface area contributed by atoms with Gasteiger partial charge in [0.05, 0.1) is 24.3 Å². The molecule has 0 saturated carbocycles. The van der Waals surface area contributed by atoms with Crippen LogP contribution in [0.15, 0.2) is 54.6 Å². The predicted molar refractivity (Wildman–Crippen MR) is 106 cm³/mol.